The quantitative estimate of drug-likeness (QED) is 0.746. The number of hydrogen-bond donors (Lipinski definition) is 2. The third-order valence-electron chi connectivity index (χ3n) is 3.55. The zero-order valence-corrected chi connectivity index (χ0v) is 12.8. The molecule has 0 saturated carbocycles. The molecule has 2 rings (SSSR count). The Morgan fingerprint density at radius 3 is 2.48 bits per heavy atom. The molecule has 116 valence electrons. The minimum absolute atomic E-state index is 0.00479. The first-order valence-electron chi connectivity index (χ1n) is 6.71. The van der Waals surface area contributed by atoms with Crippen molar-refractivity contribution in [3.05, 3.63) is 18.2 Å². The van der Waals surface area contributed by atoms with Gasteiger partial charge in [0.1, 0.15) is 0 Å². The first-order chi connectivity index (χ1) is 9.77. The summed E-state index contributed by atoms with van der Waals surface area (Å²) in [5, 5.41) is 5.16. The Morgan fingerprint density at radius 1 is 1.14 bits per heavy atom. The number of anilines is 2. The van der Waals surface area contributed by atoms with E-state index in [-0.39, 0.29) is 10.8 Å². The summed E-state index contributed by atoms with van der Waals surface area (Å²) in [4.78, 5) is 15.2. The predicted molar refractivity (Wildman–Crippen MR) is 81.3 cm³/mol. The number of amides is 1. The summed E-state index contributed by atoms with van der Waals surface area (Å²) in [7, 11) is -3.79. The van der Waals surface area contributed by atoms with Gasteiger partial charge < -0.3 is 15.5 Å². The zero-order chi connectivity index (χ0) is 15.6. The molecule has 1 heterocycles. The predicted octanol–water partition coefficient (Wildman–Crippen LogP) is -0.0252. The maximum atomic E-state index is 11.5. The Kier molecular flexibility index (Phi) is 4.38. The van der Waals surface area contributed by atoms with E-state index in [1.807, 2.05) is 4.90 Å². The highest BCUT2D eigenvalue weighted by molar-refractivity contribution is 7.89. The van der Waals surface area contributed by atoms with E-state index < -0.39 is 10.0 Å². The van der Waals surface area contributed by atoms with Gasteiger partial charge in [-0.3, -0.25) is 4.79 Å². The van der Waals surface area contributed by atoms with E-state index in [9.17, 15) is 13.2 Å². The Hall–Kier alpha value is -1.80. The van der Waals surface area contributed by atoms with Crippen molar-refractivity contribution >= 4 is 27.3 Å². The van der Waals surface area contributed by atoms with Crippen LogP contribution in [0.2, 0.25) is 0 Å². The molecule has 1 aliphatic rings. The van der Waals surface area contributed by atoms with Crippen LogP contribution in [0, 0.1) is 0 Å². The summed E-state index contributed by atoms with van der Waals surface area (Å²) in [5.74, 6) is 0.0506. The lowest BCUT2D eigenvalue weighted by Gasteiger charge is -2.24. The second-order valence-corrected chi connectivity index (χ2v) is 6.71. The SMILES string of the molecule is CC(=O)N1CCCN(c2cc(N)cc(S(N)(=O)=O)c2)CC1. The maximum Gasteiger partial charge on any atom is 0.238 e. The highest BCUT2D eigenvalue weighted by Crippen LogP contribution is 2.24. The van der Waals surface area contributed by atoms with Gasteiger partial charge in [-0.2, -0.15) is 0 Å². The van der Waals surface area contributed by atoms with Gasteiger partial charge >= 0.3 is 0 Å². The fourth-order valence-electron chi connectivity index (χ4n) is 2.44. The second kappa shape index (κ2) is 5.90. The Balaban J connectivity index is 2.26. The van der Waals surface area contributed by atoms with E-state index in [2.05, 4.69) is 0 Å². The molecule has 0 spiro atoms. The molecule has 0 atom stereocenters. The van der Waals surface area contributed by atoms with Crippen molar-refractivity contribution in [2.24, 2.45) is 5.14 Å². The number of carbonyl (C=O) groups is 1. The smallest absolute Gasteiger partial charge is 0.238 e. The summed E-state index contributed by atoms with van der Waals surface area (Å²) < 4.78 is 23.0. The van der Waals surface area contributed by atoms with Crippen LogP contribution < -0.4 is 15.8 Å². The second-order valence-electron chi connectivity index (χ2n) is 5.15. The molecule has 1 aromatic carbocycles. The summed E-state index contributed by atoms with van der Waals surface area (Å²) in [6.07, 6.45) is 0.819. The molecule has 0 unspecified atom stereocenters. The Bertz CT molecular complexity index is 645. The molecule has 1 fully saturated rings. The van der Waals surface area contributed by atoms with Gasteiger partial charge in [0.25, 0.3) is 0 Å². The fraction of sp³-hybridized carbons (Fsp3) is 0.462. The maximum absolute atomic E-state index is 11.5. The van der Waals surface area contributed by atoms with Crippen LogP contribution in [0.5, 0.6) is 0 Å². The third kappa shape index (κ3) is 3.85. The summed E-state index contributed by atoms with van der Waals surface area (Å²) in [5.41, 5.74) is 6.83. The van der Waals surface area contributed by atoms with Gasteiger partial charge in [0.15, 0.2) is 0 Å². The number of nitrogens with zero attached hydrogens (tertiary/aromatic N) is 2. The van der Waals surface area contributed by atoms with E-state index >= 15 is 0 Å². The minimum Gasteiger partial charge on any atom is -0.399 e. The topological polar surface area (TPSA) is 110 Å². The van der Waals surface area contributed by atoms with E-state index in [1.54, 1.807) is 17.9 Å². The molecule has 1 amide bonds. The molecule has 0 radical (unpaired) electrons. The largest absolute Gasteiger partial charge is 0.399 e. The van der Waals surface area contributed by atoms with Gasteiger partial charge in [-0.05, 0) is 24.6 Å². The molecule has 1 aromatic rings. The van der Waals surface area contributed by atoms with Gasteiger partial charge in [-0.15, -0.1) is 0 Å². The normalized spacial score (nSPS) is 16.7. The molecule has 0 aromatic heterocycles. The molecule has 0 bridgehead atoms. The lowest BCUT2D eigenvalue weighted by Crippen LogP contribution is -2.33. The lowest BCUT2D eigenvalue weighted by atomic mass is 10.2. The van der Waals surface area contributed by atoms with E-state index in [0.29, 0.717) is 31.0 Å². The van der Waals surface area contributed by atoms with E-state index in [4.69, 9.17) is 10.9 Å². The van der Waals surface area contributed by atoms with Crippen LogP contribution in [-0.4, -0.2) is 45.4 Å². The number of sulfonamides is 1. The molecule has 7 nitrogen and oxygen atoms in total. The molecule has 0 aliphatic carbocycles. The van der Waals surface area contributed by atoms with Crippen LogP contribution in [0.15, 0.2) is 23.1 Å². The number of carbonyl (C=O) groups excluding carboxylic acids is 1. The number of nitrogen functional groups attached to an aromatic ring is 1. The number of hydrogen-bond acceptors (Lipinski definition) is 5. The van der Waals surface area contributed by atoms with Gasteiger partial charge in [0.2, 0.25) is 15.9 Å². The fourth-order valence-corrected chi connectivity index (χ4v) is 3.03. The van der Waals surface area contributed by atoms with Gasteiger partial charge in [0.05, 0.1) is 4.90 Å². The Labute approximate surface area is 124 Å². The van der Waals surface area contributed by atoms with Crippen LogP contribution in [0.3, 0.4) is 0 Å². The molecular formula is C13H20N4O3S. The van der Waals surface area contributed by atoms with Crippen LogP contribution in [0.1, 0.15) is 13.3 Å². The molecule has 1 saturated heterocycles. The number of rotatable bonds is 2. The summed E-state index contributed by atoms with van der Waals surface area (Å²) >= 11 is 0. The monoisotopic (exact) mass is 312 g/mol. The molecular weight excluding hydrogens is 292 g/mol. The van der Waals surface area contributed by atoms with Gasteiger partial charge in [0, 0.05) is 44.5 Å². The van der Waals surface area contributed by atoms with E-state index in [1.165, 1.54) is 12.1 Å². The highest BCUT2D eigenvalue weighted by atomic mass is 32.2. The van der Waals surface area contributed by atoms with Crippen LogP contribution in [0.25, 0.3) is 0 Å². The zero-order valence-electron chi connectivity index (χ0n) is 11.9. The van der Waals surface area contributed by atoms with Crippen molar-refractivity contribution in [3.8, 4) is 0 Å². The van der Waals surface area contributed by atoms with Crippen LogP contribution in [0.4, 0.5) is 11.4 Å². The first kappa shape index (κ1) is 15.6. The summed E-state index contributed by atoms with van der Waals surface area (Å²) in [6, 6.07) is 4.59. The van der Waals surface area contributed by atoms with Crippen LogP contribution >= 0.6 is 0 Å². The lowest BCUT2D eigenvalue weighted by molar-refractivity contribution is -0.128. The van der Waals surface area contributed by atoms with Crippen molar-refractivity contribution in [1.82, 2.24) is 4.90 Å². The number of benzene rings is 1. The van der Waals surface area contributed by atoms with Crippen molar-refractivity contribution in [3.63, 3.8) is 0 Å². The van der Waals surface area contributed by atoms with Gasteiger partial charge in [-0.25, -0.2) is 13.6 Å². The Morgan fingerprint density at radius 2 is 1.86 bits per heavy atom. The van der Waals surface area contributed by atoms with Crippen molar-refractivity contribution in [2.75, 3.05) is 36.8 Å². The average molecular weight is 312 g/mol. The average Bonchev–Trinajstić information content (AvgIpc) is 2.62. The number of primary sulfonamides is 1. The van der Waals surface area contributed by atoms with E-state index in [0.717, 1.165) is 13.0 Å². The molecule has 1 aliphatic heterocycles. The summed E-state index contributed by atoms with van der Waals surface area (Å²) in [6.45, 7) is 4.23. The van der Waals surface area contributed by atoms with Crippen molar-refractivity contribution < 1.29 is 13.2 Å². The number of nitrogens with two attached hydrogens (primary N) is 2. The molecule has 21 heavy (non-hydrogen) atoms. The van der Waals surface area contributed by atoms with Crippen molar-refractivity contribution in [2.45, 2.75) is 18.2 Å². The van der Waals surface area contributed by atoms with Crippen LogP contribution in [-0.2, 0) is 14.8 Å². The molecule has 4 N–H and O–H groups in total. The third-order valence-corrected chi connectivity index (χ3v) is 4.44. The highest BCUT2D eigenvalue weighted by Gasteiger charge is 2.18. The van der Waals surface area contributed by atoms with Crippen molar-refractivity contribution in [1.29, 1.82) is 0 Å². The minimum atomic E-state index is -3.79. The first-order valence-corrected chi connectivity index (χ1v) is 8.26. The molecule has 8 heteroatoms. The standard InChI is InChI=1S/C13H20N4O3S/c1-10(18)16-3-2-4-17(6-5-16)12-7-11(14)8-13(9-12)21(15,19)20/h7-9H,2-6,14H2,1H3,(H2,15,19,20). The van der Waals surface area contributed by atoms with Gasteiger partial charge in [-0.1, -0.05) is 0 Å².